The lowest BCUT2D eigenvalue weighted by Crippen LogP contribution is -2.37. The van der Waals surface area contributed by atoms with Gasteiger partial charge in [0.05, 0.1) is 26.4 Å². The van der Waals surface area contributed by atoms with E-state index >= 15 is 0 Å². The van der Waals surface area contributed by atoms with Crippen LogP contribution >= 0.6 is 0 Å². The van der Waals surface area contributed by atoms with Crippen LogP contribution in [0.5, 0.6) is 23.3 Å². The van der Waals surface area contributed by atoms with Crippen molar-refractivity contribution in [2.75, 3.05) is 19.5 Å². The van der Waals surface area contributed by atoms with Crippen LogP contribution in [0.4, 0.5) is 10.7 Å². The van der Waals surface area contributed by atoms with E-state index in [2.05, 4.69) is 15.3 Å². The lowest BCUT2D eigenvalue weighted by atomic mass is 10.3. The summed E-state index contributed by atoms with van der Waals surface area (Å²) in [6.07, 6.45) is -0.205. The minimum atomic E-state index is -4.50. The van der Waals surface area contributed by atoms with Gasteiger partial charge in [-0.05, 0) is 26.0 Å². The number of anilines is 1. The van der Waals surface area contributed by atoms with Crippen molar-refractivity contribution in [3.8, 4) is 23.3 Å². The van der Waals surface area contributed by atoms with Gasteiger partial charge in [0.2, 0.25) is 17.7 Å². The smallest absolute Gasteiger partial charge is 0.411 e. The van der Waals surface area contributed by atoms with Crippen LogP contribution < -0.4 is 28.4 Å². The fourth-order valence-electron chi connectivity index (χ4n) is 1.92. The van der Waals surface area contributed by atoms with Crippen molar-refractivity contribution in [2.24, 2.45) is 0 Å². The number of nitrogens with zero attached hydrogens (tertiary/aromatic N) is 2. The summed E-state index contributed by atoms with van der Waals surface area (Å²) in [5.74, 6) is 0.134. The normalized spacial score (nSPS) is 10.9. The van der Waals surface area contributed by atoms with E-state index in [0.29, 0.717) is 0 Å². The van der Waals surface area contributed by atoms with Crippen molar-refractivity contribution in [1.82, 2.24) is 14.7 Å². The molecule has 152 valence electrons. The first-order valence-corrected chi connectivity index (χ1v) is 9.39. The fourth-order valence-corrected chi connectivity index (χ4v) is 2.61. The monoisotopic (exact) mass is 412 g/mol. The van der Waals surface area contributed by atoms with E-state index in [0.717, 1.165) is 0 Å². The fraction of sp³-hybridized carbons (Fsp3) is 0.312. The van der Waals surface area contributed by atoms with Crippen molar-refractivity contribution >= 4 is 22.3 Å². The zero-order chi connectivity index (χ0) is 20.7. The third kappa shape index (κ3) is 6.16. The average Bonchev–Trinajstić information content (AvgIpc) is 2.61. The first-order chi connectivity index (χ1) is 13.2. The van der Waals surface area contributed by atoms with Gasteiger partial charge in [0.1, 0.15) is 0 Å². The second kappa shape index (κ2) is 9.08. The number of benzene rings is 1. The molecular formula is C16H20N4O7S. The number of hydrogen-bond acceptors (Lipinski definition) is 9. The zero-order valence-electron chi connectivity index (χ0n) is 15.6. The maximum Gasteiger partial charge on any atom is 0.411 e. The number of aromatic nitrogens is 2. The van der Waals surface area contributed by atoms with E-state index < -0.39 is 16.3 Å². The summed E-state index contributed by atoms with van der Waals surface area (Å²) in [5.41, 5.74) is 0. The maximum absolute atomic E-state index is 12.1. The zero-order valence-corrected chi connectivity index (χ0v) is 16.4. The number of urea groups is 1. The van der Waals surface area contributed by atoms with Crippen LogP contribution in [0, 0.1) is 0 Å². The predicted molar refractivity (Wildman–Crippen MR) is 99.0 cm³/mol. The van der Waals surface area contributed by atoms with E-state index in [-0.39, 0.29) is 35.3 Å². The summed E-state index contributed by atoms with van der Waals surface area (Å²) in [6, 6.07) is 6.40. The highest BCUT2D eigenvalue weighted by molar-refractivity contribution is 7.85. The molecule has 0 radical (unpaired) electrons. The number of carbonyl (C=O) groups is 1. The number of amides is 2. The van der Waals surface area contributed by atoms with Crippen molar-refractivity contribution in [2.45, 2.75) is 20.0 Å². The number of hydrogen-bond donors (Lipinski definition) is 2. The van der Waals surface area contributed by atoms with Crippen molar-refractivity contribution in [1.29, 1.82) is 0 Å². The topological polar surface area (TPSA) is 138 Å². The Bertz CT molecular complexity index is 912. The molecule has 12 heteroatoms. The molecule has 0 unspecified atom stereocenters. The molecule has 0 aliphatic heterocycles. The molecule has 2 amide bonds. The SMILES string of the molecule is COc1cc(OC)nc(NC(=O)NS(=O)(=O)Oc2ccccc2OC(C)C)n1. The van der Waals surface area contributed by atoms with E-state index in [1.165, 1.54) is 26.4 Å². The van der Waals surface area contributed by atoms with Crippen LogP contribution in [0.25, 0.3) is 0 Å². The van der Waals surface area contributed by atoms with Gasteiger partial charge >= 0.3 is 16.3 Å². The van der Waals surface area contributed by atoms with E-state index in [4.69, 9.17) is 18.4 Å². The minimum absolute atomic E-state index is 0.0733. The first-order valence-electron chi connectivity index (χ1n) is 7.98. The van der Waals surface area contributed by atoms with Crippen LogP contribution in [-0.4, -0.2) is 44.7 Å². The van der Waals surface area contributed by atoms with Crippen molar-refractivity contribution in [3.05, 3.63) is 30.3 Å². The largest absolute Gasteiger partial charge is 0.487 e. The second-order valence-corrected chi connectivity index (χ2v) is 6.76. The minimum Gasteiger partial charge on any atom is -0.487 e. The molecule has 1 aromatic carbocycles. The van der Waals surface area contributed by atoms with Crippen LogP contribution in [0.2, 0.25) is 0 Å². The molecule has 0 saturated carbocycles. The lowest BCUT2D eigenvalue weighted by molar-refractivity contribution is 0.235. The third-order valence-electron chi connectivity index (χ3n) is 2.95. The highest BCUT2D eigenvalue weighted by Crippen LogP contribution is 2.28. The second-order valence-electron chi connectivity index (χ2n) is 5.48. The summed E-state index contributed by atoms with van der Waals surface area (Å²) < 4.78 is 46.3. The number of ether oxygens (including phenoxy) is 3. The summed E-state index contributed by atoms with van der Waals surface area (Å²) in [7, 11) is -1.78. The molecule has 11 nitrogen and oxygen atoms in total. The molecule has 1 aromatic heterocycles. The standard InChI is InChI=1S/C16H20N4O7S/c1-10(2)26-11-7-5-6-8-12(11)27-28(22,23)20-16(21)19-15-17-13(24-3)9-14(18-15)25-4/h5-10H,1-4H3,(H2,17,18,19,20,21). The Hall–Kier alpha value is -3.28. The quantitative estimate of drug-likeness (QED) is 0.663. The summed E-state index contributed by atoms with van der Waals surface area (Å²) in [5, 5.41) is 2.16. The van der Waals surface area contributed by atoms with Crippen molar-refractivity contribution in [3.63, 3.8) is 0 Å². The van der Waals surface area contributed by atoms with Gasteiger partial charge in [-0.15, -0.1) is 0 Å². The van der Waals surface area contributed by atoms with Crippen LogP contribution in [0.1, 0.15) is 13.8 Å². The number of methoxy groups -OCH3 is 2. The molecule has 0 aliphatic carbocycles. The highest BCUT2D eigenvalue weighted by Gasteiger charge is 2.20. The molecule has 0 atom stereocenters. The molecule has 0 saturated heterocycles. The Morgan fingerprint density at radius 2 is 1.61 bits per heavy atom. The lowest BCUT2D eigenvalue weighted by Gasteiger charge is -2.14. The molecule has 2 aromatic rings. The summed E-state index contributed by atoms with van der Waals surface area (Å²) in [4.78, 5) is 19.7. The molecule has 0 spiro atoms. The van der Waals surface area contributed by atoms with E-state index in [1.54, 1.807) is 36.8 Å². The Morgan fingerprint density at radius 1 is 1.04 bits per heavy atom. The molecule has 0 bridgehead atoms. The molecule has 1 heterocycles. The van der Waals surface area contributed by atoms with Gasteiger partial charge in [-0.2, -0.15) is 18.4 Å². The highest BCUT2D eigenvalue weighted by atomic mass is 32.2. The third-order valence-corrected chi connectivity index (χ3v) is 3.79. The van der Waals surface area contributed by atoms with Gasteiger partial charge in [0.25, 0.3) is 0 Å². The van der Waals surface area contributed by atoms with Gasteiger partial charge in [0, 0.05) is 0 Å². The van der Waals surface area contributed by atoms with Gasteiger partial charge < -0.3 is 18.4 Å². The predicted octanol–water partition coefficient (Wildman–Crippen LogP) is 1.73. The Labute approximate surface area is 162 Å². The van der Waals surface area contributed by atoms with E-state index in [1.807, 2.05) is 0 Å². The molecule has 0 aliphatic rings. The van der Waals surface area contributed by atoms with Crippen LogP contribution in [0.3, 0.4) is 0 Å². The van der Waals surface area contributed by atoms with Crippen LogP contribution in [-0.2, 0) is 10.3 Å². The number of rotatable bonds is 8. The first kappa shape index (κ1) is 21.0. The summed E-state index contributed by atoms with van der Waals surface area (Å²) >= 11 is 0. The molecular weight excluding hydrogens is 392 g/mol. The van der Waals surface area contributed by atoms with Gasteiger partial charge in [-0.1, -0.05) is 12.1 Å². The maximum atomic E-state index is 12.1. The Morgan fingerprint density at radius 3 is 2.14 bits per heavy atom. The molecule has 2 rings (SSSR count). The Kier molecular flexibility index (Phi) is 6.82. The molecule has 2 N–H and O–H groups in total. The van der Waals surface area contributed by atoms with E-state index in [9.17, 15) is 13.2 Å². The average molecular weight is 412 g/mol. The number of carbonyl (C=O) groups excluding carboxylic acids is 1. The van der Waals surface area contributed by atoms with Gasteiger partial charge in [-0.3, -0.25) is 5.32 Å². The Balaban J connectivity index is 2.09. The number of nitrogens with one attached hydrogen (secondary N) is 2. The number of para-hydroxylation sites is 2. The molecule has 28 heavy (non-hydrogen) atoms. The van der Waals surface area contributed by atoms with Gasteiger partial charge in [0.15, 0.2) is 11.5 Å². The molecule has 0 fully saturated rings. The van der Waals surface area contributed by atoms with Gasteiger partial charge in [-0.25, -0.2) is 9.52 Å². The summed E-state index contributed by atoms with van der Waals surface area (Å²) in [6.45, 7) is 3.55. The van der Waals surface area contributed by atoms with Crippen LogP contribution in [0.15, 0.2) is 30.3 Å². The van der Waals surface area contributed by atoms with Crippen molar-refractivity contribution < 1.29 is 31.6 Å².